The zero-order valence-corrected chi connectivity index (χ0v) is 17.3. The predicted octanol–water partition coefficient (Wildman–Crippen LogP) is 5.05. The first kappa shape index (κ1) is 21.6. The lowest BCUT2D eigenvalue weighted by molar-refractivity contribution is -0.122. The van der Waals surface area contributed by atoms with Crippen LogP contribution in [-0.4, -0.2) is 36.8 Å². The standard InChI is InChI=1S/C22H20ClFN2O.CH2O2/c1-27-19-8-7-17(22(24)21(19)16-4-2-5-18(23)13-16)12-15-6-9-20(25-14-15)26-10-3-11-26;2-1-3/h2,4-9,13-14H,3,10-12H2,1H3;1H,(H,2,3). The van der Waals surface area contributed by atoms with E-state index in [9.17, 15) is 0 Å². The molecule has 1 fully saturated rings. The fourth-order valence-electron chi connectivity index (χ4n) is 3.29. The van der Waals surface area contributed by atoms with Gasteiger partial charge in [0.05, 0.1) is 12.7 Å². The van der Waals surface area contributed by atoms with E-state index in [-0.39, 0.29) is 12.3 Å². The van der Waals surface area contributed by atoms with Gasteiger partial charge in [-0.1, -0.05) is 35.9 Å². The second kappa shape index (κ2) is 10.1. The van der Waals surface area contributed by atoms with Crippen LogP contribution < -0.4 is 9.64 Å². The highest BCUT2D eigenvalue weighted by atomic mass is 35.5. The van der Waals surface area contributed by atoms with E-state index in [0.717, 1.165) is 24.5 Å². The number of pyridine rings is 1. The monoisotopic (exact) mass is 428 g/mol. The number of halogens is 2. The van der Waals surface area contributed by atoms with Gasteiger partial charge in [0.25, 0.3) is 6.47 Å². The third kappa shape index (κ3) is 4.89. The average molecular weight is 429 g/mol. The summed E-state index contributed by atoms with van der Waals surface area (Å²) in [5.41, 5.74) is 2.71. The summed E-state index contributed by atoms with van der Waals surface area (Å²) < 4.78 is 20.7. The number of anilines is 1. The van der Waals surface area contributed by atoms with Crippen molar-refractivity contribution >= 4 is 23.9 Å². The molecule has 0 saturated carbocycles. The molecule has 1 aromatic heterocycles. The van der Waals surface area contributed by atoms with Crippen molar-refractivity contribution in [2.45, 2.75) is 12.8 Å². The van der Waals surface area contributed by atoms with Crippen LogP contribution in [0, 0.1) is 5.82 Å². The van der Waals surface area contributed by atoms with Crippen molar-refractivity contribution in [2.24, 2.45) is 0 Å². The topological polar surface area (TPSA) is 62.7 Å². The molecule has 0 unspecified atom stereocenters. The van der Waals surface area contributed by atoms with Gasteiger partial charge in [0.1, 0.15) is 17.4 Å². The summed E-state index contributed by atoms with van der Waals surface area (Å²) in [7, 11) is 1.54. The Bertz CT molecular complexity index is 1010. The fraction of sp³-hybridized carbons (Fsp3) is 0.217. The first-order chi connectivity index (χ1) is 14.6. The maximum atomic E-state index is 15.3. The van der Waals surface area contributed by atoms with Crippen molar-refractivity contribution in [2.75, 3.05) is 25.1 Å². The van der Waals surface area contributed by atoms with Crippen molar-refractivity contribution in [1.82, 2.24) is 4.98 Å². The number of aromatic nitrogens is 1. The highest BCUT2D eigenvalue weighted by molar-refractivity contribution is 6.30. The maximum Gasteiger partial charge on any atom is 0.290 e. The molecule has 0 radical (unpaired) electrons. The Morgan fingerprint density at radius 1 is 1.23 bits per heavy atom. The first-order valence-electron chi connectivity index (χ1n) is 9.46. The predicted molar refractivity (Wildman–Crippen MR) is 116 cm³/mol. The van der Waals surface area contributed by atoms with Gasteiger partial charge in [0.2, 0.25) is 0 Å². The van der Waals surface area contributed by atoms with E-state index < -0.39 is 0 Å². The van der Waals surface area contributed by atoms with E-state index in [1.807, 2.05) is 30.5 Å². The van der Waals surface area contributed by atoms with Gasteiger partial charge in [-0.3, -0.25) is 4.79 Å². The average Bonchev–Trinajstić information content (AvgIpc) is 2.70. The third-order valence-corrected chi connectivity index (χ3v) is 5.14. The van der Waals surface area contributed by atoms with Gasteiger partial charge in [0.15, 0.2) is 0 Å². The molecule has 0 amide bonds. The molecule has 0 atom stereocenters. The minimum atomic E-state index is -0.288. The fourth-order valence-corrected chi connectivity index (χ4v) is 3.48. The van der Waals surface area contributed by atoms with Gasteiger partial charge < -0.3 is 14.7 Å². The van der Waals surface area contributed by atoms with Gasteiger partial charge in [-0.2, -0.15) is 0 Å². The van der Waals surface area contributed by atoms with Crippen LogP contribution >= 0.6 is 11.6 Å². The Kier molecular flexibility index (Phi) is 7.25. The maximum absolute atomic E-state index is 15.3. The zero-order chi connectivity index (χ0) is 21.5. The molecule has 2 heterocycles. The molecule has 0 aliphatic carbocycles. The van der Waals surface area contributed by atoms with Crippen LogP contribution in [0.2, 0.25) is 5.02 Å². The summed E-state index contributed by atoms with van der Waals surface area (Å²) in [5, 5.41) is 7.45. The Labute approximate surface area is 179 Å². The first-order valence-corrected chi connectivity index (χ1v) is 9.84. The molecule has 30 heavy (non-hydrogen) atoms. The number of benzene rings is 2. The van der Waals surface area contributed by atoms with Crippen LogP contribution in [0.3, 0.4) is 0 Å². The van der Waals surface area contributed by atoms with Crippen molar-refractivity contribution < 1.29 is 19.0 Å². The van der Waals surface area contributed by atoms with Crippen molar-refractivity contribution in [1.29, 1.82) is 0 Å². The summed E-state index contributed by atoms with van der Waals surface area (Å²) in [4.78, 5) is 15.1. The van der Waals surface area contributed by atoms with Gasteiger partial charge in [-0.15, -0.1) is 0 Å². The SMILES string of the molecule is COc1ccc(Cc2ccc(N3CCC3)nc2)c(F)c1-c1cccc(Cl)c1.O=CO. The zero-order valence-electron chi connectivity index (χ0n) is 16.5. The lowest BCUT2D eigenvalue weighted by atomic mass is 9.97. The highest BCUT2D eigenvalue weighted by Gasteiger charge is 2.18. The van der Waals surface area contributed by atoms with Crippen LogP contribution in [0.1, 0.15) is 17.5 Å². The molecular weight excluding hydrogens is 407 g/mol. The van der Waals surface area contributed by atoms with E-state index in [1.165, 1.54) is 6.42 Å². The molecule has 0 spiro atoms. The summed E-state index contributed by atoms with van der Waals surface area (Å²) >= 11 is 6.09. The smallest absolute Gasteiger partial charge is 0.290 e. The molecule has 1 aliphatic rings. The molecule has 7 heteroatoms. The van der Waals surface area contributed by atoms with Crippen LogP contribution in [0.4, 0.5) is 10.2 Å². The van der Waals surface area contributed by atoms with Crippen LogP contribution in [0.25, 0.3) is 11.1 Å². The van der Waals surface area contributed by atoms with Crippen molar-refractivity contribution in [3.63, 3.8) is 0 Å². The number of carbonyl (C=O) groups is 1. The van der Waals surface area contributed by atoms with E-state index in [2.05, 4.69) is 9.88 Å². The summed E-state index contributed by atoms with van der Waals surface area (Å²) in [5.74, 6) is 1.19. The second-order valence-corrected chi connectivity index (χ2v) is 7.21. The van der Waals surface area contributed by atoms with Gasteiger partial charge >= 0.3 is 0 Å². The number of nitrogens with zero attached hydrogens (tertiary/aromatic N) is 2. The van der Waals surface area contributed by atoms with E-state index in [4.69, 9.17) is 26.2 Å². The Hall–Kier alpha value is -3.12. The van der Waals surface area contributed by atoms with E-state index in [0.29, 0.717) is 33.9 Å². The largest absolute Gasteiger partial charge is 0.496 e. The van der Waals surface area contributed by atoms with Gasteiger partial charge in [0, 0.05) is 30.7 Å². The molecule has 4 rings (SSSR count). The van der Waals surface area contributed by atoms with E-state index >= 15 is 4.39 Å². The lowest BCUT2D eigenvalue weighted by Gasteiger charge is -2.31. The number of ether oxygens (including phenoxy) is 1. The molecule has 1 saturated heterocycles. The number of hydrogen-bond acceptors (Lipinski definition) is 4. The Morgan fingerprint density at radius 2 is 2.00 bits per heavy atom. The van der Waals surface area contributed by atoms with Crippen LogP contribution in [-0.2, 0) is 11.2 Å². The Morgan fingerprint density at radius 3 is 2.57 bits per heavy atom. The van der Waals surface area contributed by atoms with Crippen molar-refractivity contribution in [3.05, 3.63) is 76.7 Å². The van der Waals surface area contributed by atoms with E-state index in [1.54, 1.807) is 31.4 Å². The minimum Gasteiger partial charge on any atom is -0.496 e. The number of methoxy groups -OCH3 is 1. The second-order valence-electron chi connectivity index (χ2n) is 6.77. The van der Waals surface area contributed by atoms with Crippen molar-refractivity contribution in [3.8, 4) is 16.9 Å². The van der Waals surface area contributed by atoms with Crippen LogP contribution in [0.15, 0.2) is 54.7 Å². The highest BCUT2D eigenvalue weighted by Crippen LogP contribution is 2.36. The summed E-state index contributed by atoms with van der Waals surface area (Å²) in [6, 6.07) is 14.8. The number of hydrogen-bond donors (Lipinski definition) is 1. The summed E-state index contributed by atoms with van der Waals surface area (Å²) in [6.45, 7) is 1.87. The quantitative estimate of drug-likeness (QED) is 0.576. The Balaban J connectivity index is 0.000000806. The molecule has 3 aromatic rings. The third-order valence-electron chi connectivity index (χ3n) is 4.90. The molecule has 0 bridgehead atoms. The molecular formula is C23H22ClFN2O3. The summed E-state index contributed by atoms with van der Waals surface area (Å²) in [6.07, 6.45) is 3.51. The normalized spacial score (nSPS) is 12.4. The minimum absolute atomic E-state index is 0.250. The van der Waals surface area contributed by atoms with Gasteiger partial charge in [-0.05, 0) is 47.4 Å². The molecule has 1 aliphatic heterocycles. The lowest BCUT2D eigenvalue weighted by Crippen LogP contribution is -2.37. The van der Waals surface area contributed by atoms with Crippen LogP contribution in [0.5, 0.6) is 5.75 Å². The van der Waals surface area contributed by atoms with Gasteiger partial charge in [-0.25, -0.2) is 9.37 Å². The molecule has 156 valence electrons. The molecule has 2 aromatic carbocycles. The molecule has 1 N–H and O–H groups in total. The number of carboxylic acid groups (broad SMARTS) is 1. The molecule has 5 nitrogen and oxygen atoms in total. The number of rotatable bonds is 5.